The molecular weight excluding hydrogens is 280 g/mol. The van der Waals surface area contributed by atoms with Crippen LogP contribution in [0, 0.1) is 5.92 Å². The van der Waals surface area contributed by atoms with Gasteiger partial charge in [0, 0.05) is 52.4 Å². The highest BCUT2D eigenvalue weighted by molar-refractivity contribution is 5.74. The Morgan fingerprint density at radius 1 is 1.27 bits per heavy atom. The Hall–Kier alpha value is -0.850. The Labute approximate surface area is 135 Å². The van der Waals surface area contributed by atoms with Gasteiger partial charge in [0.2, 0.25) is 0 Å². The van der Waals surface area contributed by atoms with Crippen LogP contribution in [0.5, 0.6) is 0 Å². The minimum Gasteiger partial charge on any atom is -0.390 e. The molecule has 1 saturated heterocycles. The molecule has 1 rings (SSSR count). The Morgan fingerprint density at radius 2 is 1.86 bits per heavy atom. The largest absolute Gasteiger partial charge is 0.390 e. The number of hydrogen-bond donors (Lipinski definition) is 2. The minimum absolute atomic E-state index is 0.106. The molecule has 2 N–H and O–H groups in total. The maximum absolute atomic E-state index is 12.1. The number of likely N-dealkylation sites (N-methyl/N-ethyl adjacent to an activating group) is 2. The van der Waals surface area contributed by atoms with Crippen LogP contribution in [-0.2, 0) is 0 Å². The van der Waals surface area contributed by atoms with Crippen molar-refractivity contribution in [1.29, 1.82) is 0 Å². The van der Waals surface area contributed by atoms with Crippen LogP contribution < -0.4 is 5.32 Å². The predicted molar refractivity (Wildman–Crippen MR) is 90.0 cm³/mol. The molecule has 3 atom stereocenters. The number of urea groups is 1. The lowest BCUT2D eigenvalue weighted by atomic mass is 10.0. The molecule has 0 saturated carbocycles. The fourth-order valence-electron chi connectivity index (χ4n) is 2.59. The third-order valence-corrected chi connectivity index (χ3v) is 4.74. The number of rotatable bonds is 7. The van der Waals surface area contributed by atoms with Crippen molar-refractivity contribution in [1.82, 2.24) is 20.0 Å². The molecule has 0 aliphatic carbocycles. The second-order valence-corrected chi connectivity index (χ2v) is 6.76. The number of carbonyl (C=O) groups is 1. The van der Waals surface area contributed by atoms with E-state index in [9.17, 15) is 9.90 Å². The first kappa shape index (κ1) is 19.2. The fraction of sp³-hybridized carbons (Fsp3) is 0.938. The third-order valence-electron chi connectivity index (χ3n) is 4.74. The Morgan fingerprint density at radius 3 is 2.41 bits per heavy atom. The number of aliphatic hydroxyl groups excluding tert-OH is 1. The smallest absolute Gasteiger partial charge is 0.317 e. The summed E-state index contributed by atoms with van der Waals surface area (Å²) in [5.74, 6) is 0.451. The first-order valence-corrected chi connectivity index (χ1v) is 8.44. The predicted octanol–water partition coefficient (Wildman–Crippen LogP) is 0.671. The lowest BCUT2D eigenvalue weighted by Gasteiger charge is -2.34. The molecule has 22 heavy (non-hydrogen) atoms. The molecule has 0 aromatic carbocycles. The highest BCUT2D eigenvalue weighted by atomic mass is 16.3. The van der Waals surface area contributed by atoms with Crippen LogP contribution in [0.1, 0.15) is 27.2 Å². The first-order valence-electron chi connectivity index (χ1n) is 8.44. The SMILES string of the molecule is CCC(C)C(C)NC(=O)N(C)CC(O)CN1CCN(C)CC1. The Balaban J connectivity index is 2.30. The molecule has 2 amide bonds. The second-order valence-electron chi connectivity index (χ2n) is 6.76. The van der Waals surface area contributed by atoms with Crippen molar-refractivity contribution < 1.29 is 9.90 Å². The number of aliphatic hydroxyl groups is 1. The van der Waals surface area contributed by atoms with E-state index in [-0.39, 0.29) is 12.1 Å². The molecule has 1 aliphatic heterocycles. The zero-order valence-corrected chi connectivity index (χ0v) is 14.9. The zero-order chi connectivity index (χ0) is 16.7. The summed E-state index contributed by atoms with van der Waals surface area (Å²) in [7, 11) is 3.86. The van der Waals surface area contributed by atoms with Crippen molar-refractivity contribution in [3.05, 3.63) is 0 Å². The maximum Gasteiger partial charge on any atom is 0.317 e. The van der Waals surface area contributed by atoms with Crippen molar-refractivity contribution in [2.75, 3.05) is 53.4 Å². The molecule has 6 nitrogen and oxygen atoms in total. The number of piperazine rings is 1. The zero-order valence-electron chi connectivity index (χ0n) is 14.9. The van der Waals surface area contributed by atoms with Crippen LogP contribution in [0.4, 0.5) is 4.79 Å². The van der Waals surface area contributed by atoms with E-state index in [1.54, 1.807) is 11.9 Å². The van der Waals surface area contributed by atoms with E-state index in [0.717, 1.165) is 32.6 Å². The van der Waals surface area contributed by atoms with Crippen molar-refractivity contribution in [2.45, 2.75) is 39.3 Å². The van der Waals surface area contributed by atoms with Crippen LogP contribution in [0.2, 0.25) is 0 Å². The van der Waals surface area contributed by atoms with Gasteiger partial charge in [0.15, 0.2) is 0 Å². The normalized spacial score (nSPS) is 21.2. The van der Waals surface area contributed by atoms with Crippen LogP contribution >= 0.6 is 0 Å². The number of β-amino-alcohol motifs (C(OH)–C–C–N with tert-alkyl or cyclic N) is 1. The summed E-state index contributed by atoms with van der Waals surface area (Å²) in [5.41, 5.74) is 0. The quantitative estimate of drug-likeness (QED) is 0.725. The molecule has 0 aromatic rings. The molecule has 6 heteroatoms. The van der Waals surface area contributed by atoms with Gasteiger partial charge < -0.3 is 20.2 Å². The van der Waals surface area contributed by atoms with Gasteiger partial charge in [-0.3, -0.25) is 4.90 Å². The highest BCUT2D eigenvalue weighted by Gasteiger charge is 2.21. The van der Waals surface area contributed by atoms with Gasteiger partial charge in [-0.15, -0.1) is 0 Å². The summed E-state index contributed by atoms with van der Waals surface area (Å²) in [6, 6.07) is 0.0416. The topological polar surface area (TPSA) is 59.1 Å². The Bertz CT molecular complexity index is 332. The van der Waals surface area contributed by atoms with Crippen molar-refractivity contribution >= 4 is 6.03 Å². The lowest BCUT2D eigenvalue weighted by molar-refractivity contribution is 0.0654. The average Bonchev–Trinajstić information content (AvgIpc) is 2.48. The number of amides is 2. The van der Waals surface area contributed by atoms with Gasteiger partial charge >= 0.3 is 6.03 Å². The van der Waals surface area contributed by atoms with E-state index in [0.29, 0.717) is 19.0 Å². The fourth-order valence-corrected chi connectivity index (χ4v) is 2.59. The number of nitrogens with zero attached hydrogens (tertiary/aromatic N) is 3. The van der Waals surface area contributed by atoms with Gasteiger partial charge in [0.05, 0.1) is 6.10 Å². The van der Waals surface area contributed by atoms with E-state index in [2.05, 4.69) is 36.0 Å². The van der Waals surface area contributed by atoms with E-state index < -0.39 is 6.10 Å². The number of carbonyl (C=O) groups excluding carboxylic acids is 1. The molecule has 1 heterocycles. The van der Waals surface area contributed by atoms with Gasteiger partial charge in [-0.2, -0.15) is 0 Å². The van der Waals surface area contributed by atoms with E-state index in [1.807, 2.05) is 6.92 Å². The monoisotopic (exact) mass is 314 g/mol. The molecule has 3 unspecified atom stereocenters. The van der Waals surface area contributed by atoms with E-state index in [4.69, 9.17) is 0 Å². The highest BCUT2D eigenvalue weighted by Crippen LogP contribution is 2.07. The third kappa shape index (κ3) is 6.50. The standard InChI is InChI=1S/C16H34N4O2/c1-6-13(2)14(3)17-16(22)19(5)11-15(21)12-20-9-7-18(4)8-10-20/h13-15,21H,6-12H2,1-5H3,(H,17,22). The van der Waals surface area contributed by atoms with Crippen LogP contribution in [-0.4, -0.2) is 91.3 Å². The number of hydrogen-bond acceptors (Lipinski definition) is 4. The van der Waals surface area contributed by atoms with Crippen LogP contribution in [0.3, 0.4) is 0 Å². The molecule has 0 radical (unpaired) electrons. The summed E-state index contributed by atoms with van der Waals surface area (Å²) in [4.78, 5) is 18.3. The average molecular weight is 314 g/mol. The summed E-state index contributed by atoms with van der Waals surface area (Å²) < 4.78 is 0. The van der Waals surface area contributed by atoms with Gasteiger partial charge in [-0.1, -0.05) is 20.3 Å². The molecule has 0 aromatic heterocycles. The van der Waals surface area contributed by atoms with Crippen LogP contribution in [0.25, 0.3) is 0 Å². The Kier molecular flexibility index (Phi) is 8.14. The second kappa shape index (κ2) is 9.33. The van der Waals surface area contributed by atoms with Crippen molar-refractivity contribution in [3.8, 4) is 0 Å². The van der Waals surface area contributed by atoms with E-state index in [1.165, 1.54) is 0 Å². The van der Waals surface area contributed by atoms with Crippen molar-refractivity contribution in [3.63, 3.8) is 0 Å². The summed E-state index contributed by atoms with van der Waals surface area (Å²) >= 11 is 0. The van der Waals surface area contributed by atoms with Gasteiger partial charge in [-0.05, 0) is 19.9 Å². The summed E-state index contributed by atoms with van der Waals surface area (Å²) in [6.07, 6.45) is 0.537. The van der Waals surface area contributed by atoms with Crippen LogP contribution in [0.15, 0.2) is 0 Å². The minimum atomic E-state index is -0.502. The van der Waals surface area contributed by atoms with Gasteiger partial charge in [0.1, 0.15) is 0 Å². The molecule has 1 fully saturated rings. The van der Waals surface area contributed by atoms with Gasteiger partial charge in [0.25, 0.3) is 0 Å². The lowest BCUT2D eigenvalue weighted by Crippen LogP contribution is -2.50. The molecule has 1 aliphatic rings. The van der Waals surface area contributed by atoms with E-state index >= 15 is 0 Å². The first-order chi connectivity index (χ1) is 10.3. The summed E-state index contributed by atoms with van der Waals surface area (Å²) in [6.45, 7) is 11.3. The molecule has 0 bridgehead atoms. The molecular formula is C16H34N4O2. The van der Waals surface area contributed by atoms with Crippen molar-refractivity contribution in [2.24, 2.45) is 5.92 Å². The van der Waals surface area contributed by atoms with Gasteiger partial charge in [-0.25, -0.2) is 4.79 Å². The molecule has 130 valence electrons. The maximum atomic E-state index is 12.1. The summed E-state index contributed by atoms with van der Waals surface area (Å²) in [5, 5.41) is 13.2. The number of nitrogens with one attached hydrogen (secondary N) is 1. The molecule has 0 spiro atoms.